The van der Waals surface area contributed by atoms with Crippen LogP contribution in [0.3, 0.4) is 0 Å². The largest absolute Gasteiger partial charge is 0.464 e. The summed E-state index contributed by atoms with van der Waals surface area (Å²) < 4.78 is 5.93. The Hall–Kier alpha value is -1.85. The molecule has 25 heavy (non-hydrogen) atoms. The van der Waals surface area contributed by atoms with Crippen LogP contribution in [0.25, 0.3) is 0 Å². The molecule has 0 amide bonds. The van der Waals surface area contributed by atoms with Gasteiger partial charge in [-0.15, -0.1) is 0 Å². The van der Waals surface area contributed by atoms with E-state index in [-0.39, 0.29) is 0 Å². The Kier molecular flexibility index (Phi) is 4.77. The lowest BCUT2D eigenvalue weighted by atomic mass is 10.2. The van der Waals surface area contributed by atoms with Crippen LogP contribution in [0, 0.1) is 5.92 Å². The summed E-state index contributed by atoms with van der Waals surface area (Å²) in [6, 6.07) is 8.55. The molecule has 1 aliphatic heterocycles. The summed E-state index contributed by atoms with van der Waals surface area (Å²) in [6.07, 6.45) is 3.26. The third-order valence-electron chi connectivity index (χ3n) is 5.42. The van der Waals surface area contributed by atoms with E-state index < -0.39 is 0 Å². The van der Waals surface area contributed by atoms with E-state index in [0.29, 0.717) is 5.92 Å². The van der Waals surface area contributed by atoms with Crippen LogP contribution < -0.4 is 10.2 Å². The summed E-state index contributed by atoms with van der Waals surface area (Å²) in [5.74, 6) is 4.71. The predicted octanol–water partition coefficient (Wildman–Crippen LogP) is 2.84. The molecule has 0 bridgehead atoms. The van der Waals surface area contributed by atoms with Gasteiger partial charge >= 0.3 is 0 Å². The number of rotatable bonds is 6. The molecular formula is C20H28N4O. The number of anilines is 1. The van der Waals surface area contributed by atoms with Gasteiger partial charge in [-0.2, -0.15) is 0 Å². The molecule has 5 nitrogen and oxygen atoms in total. The minimum atomic E-state index is 0.653. The monoisotopic (exact) mass is 340 g/mol. The van der Waals surface area contributed by atoms with Crippen molar-refractivity contribution < 1.29 is 4.42 Å². The summed E-state index contributed by atoms with van der Waals surface area (Å²) in [5, 5.41) is 3.45. The standard InChI is InChI=1S/C20H28N4O/c1-15-11-18(15)19-5-4-17(25-19)14-21-12-16-3-6-20(22-13-16)24-9-7-23(2)8-10-24/h3-6,13,15,18,21H,7-12,14H2,1-2H3/t15-,18+/m0/s1. The number of pyridine rings is 1. The minimum absolute atomic E-state index is 0.653. The van der Waals surface area contributed by atoms with E-state index in [9.17, 15) is 0 Å². The van der Waals surface area contributed by atoms with Crippen molar-refractivity contribution in [1.29, 1.82) is 0 Å². The van der Waals surface area contributed by atoms with Crippen LogP contribution >= 0.6 is 0 Å². The van der Waals surface area contributed by atoms with Crippen LogP contribution in [-0.2, 0) is 13.1 Å². The molecule has 1 saturated heterocycles. The fraction of sp³-hybridized carbons (Fsp3) is 0.550. The zero-order valence-electron chi connectivity index (χ0n) is 15.2. The minimum Gasteiger partial charge on any atom is -0.464 e. The second-order valence-electron chi connectivity index (χ2n) is 7.54. The molecule has 1 aliphatic carbocycles. The number of nitrogens with zero attached hydrogens (tertiary/aromatic N) is 3. The van der Waals surface area contributed by atoms with Gasteiger partial charge < -0.3 is 19.5 Å². The first-order valence-corrected chi connectivity index (χ1v) is 9.37. The summed E-state index contributed by atoms with van der Waals surface area (Å²) in [7, 11) is 2.17. The first-order valence-electron chi connectivity index (χ1n) is 9.37. The van der Waals surface area contributed by atoms with Crippen molar-refractivity contribution in [3.63, 3.8) is 0 Å². The Labute approximate surface area is 150 Å². The number of piperazine rings is 1. The van der Waals surface area contributed by atoms with E-state index in [1.54, 1.807) is 0 Å². The van der Waals surface area contributed by atoms with E-state index in [1.165, 1.54) is 12.0 Å². The van der Waals surface area contributed by atoms with Crippen LogP contribution in [-0.4, -0.2) is 43.1 Å². The molecule has 134 valence electrons. The Bertz CT molecular complexity index is 688. The Balaban J connectivity index is 1.25. The first kappa shape index (κ1) is 16.6. The zero-order chi connectivity index (χ0) is 17.2. The van der Waals surface area contributed by atoms with Crippen molar-refractivity contribution in [2.24, 2.45) is 5.92 Å². The maximum Gasteiger partial charge on any atom is 0.128 e. The number of hydrogen-bond donors (Lipinski definition) is 1. The smallest absolute Gasteiger partial charge is 0.128 e. The molecular weight excluding hydrogens is 312 g/mol. The average Bonchev–Trinajstić information content (AvgIpc) is 3.17. The molecule has 1 saturated carbocycles. The van der Waals surface area contributed by atoms with Crippen molar-refractivity contribution in [1.82, 2.24) is 15.2 Å². The normalized spacial score (nSPS) is 23.8. The highest BCUT2D eigenvalue weighted by atomic mass is 16.3. The SMILES string of the molecule is C[C@H]1C[C@H]1c1ccc(CNCc2ccc(N3CCN(C)CC3)nc2)o1. The Morgan fingerprint density at radius 2 is 1.92 bits per heavy atom. The highest BCUT2D eigenvalue weighted by Crippen LogP contribution is 2.47. The third-order valence-corrected chi connectivity index (χ3v) is 5.42. The molecule has 3 heterocycles. The molecule has 2 atom stereocenters. The topological polar surface area (TPSA) is 44.5 Å². The number of hydrogen-bond acceptors (Lipinski definition) is 5. The van der Waals surface area contributed by atoms with Gasteiger partial charge in [0.05, 0.1) is 6.54 Å². The first-order chi connectivity index (χ1) is 12.2. The van der Waals surface area contributed by atoms with E-state index in [1.807, 2.05) is 6.20 Å². The van der Waals surface area contributed by atoms with Crippen molar-refractivity contribution in [2.45, 2.75) is 32.4 Å². The molecule has 2 aliphatic rings. The van der Waals surface area contributed by atoms with Crippen molar-refractivity contribution in [3.8, 4) is 0 Å². The van der Waals surface area contributed by atoms with Crippen molar-refractivity contribution in [3.05, 3.63) is 47.5 Å². The third kappa shape index (κ3) is 4.05. The van der Waals surface area contributed by atoms with Gasteiger partial charge in [-0.1, -0.05) is 13.0 Å². The van der Waals surface area contributed by atoms with Gasteiger partial charge in [0.1, 0.15) is 17.3 Å². The fourth-order valence-electron chi connectivity index (χ4n) is 3.48. The number of nitrogens with one attached hydrogen (secondary N) is 1. The van der Waals surface area contributed by atoms with Gasteiger partial charge in [0, 0.05) is 44.8 Å². The molecule has 0 unspecified atom stereocenters. The van der Waals surface area contributed by atoms with Gasteiger partial charge in [-0.3, -0.25) is 0 Å². The van der Waals surface area contributed by atoms with E-state index in [0.717, 1.165) is 62.5 Å². The van der Waals surface area contributed by atoms with E-state index in [2.05, 4.69) is 58.3 Å². The van der Waals surface area contributed by atoms with Crippen LogP contribution in [0.1, 0.15) is 36.3 Å². The number of aromatic nitrogens is 1. The maximum atomic E-state index is 5.93. The molecule has 0 spiro atoms. The van der Waals surface area contributed by atoms with Crippen molar-refractivity contribution in [2.75, 3.05) is 38.1 Å². The molecule has 2 aromatic heterocycles. The van der Waals surface area contributed by atoms with Crippen LogP contribution in [0.5, 0.6) is 0 Å². The summed E-state index contributed by atoms with van der Waals surface area (Å²) in [6.45, 7) is 8.19. The predicted molar refractivity (Wildman–Crippen MR) is 99.7 cm³/mol. The number of furan rings is 1. The summed E-state index contributed by atoms with van der Waals surface area (Å²) >= 11 is 0. The van der Waals surface area contributed by atoms with Gasteiger partial charge in [0.2, 0.25) is 0 Å². The molecule has 5 heteroatoms. The summed E-state index contributed by atoms with van der Waals surface area (Å²) in [5.41, 5.74) is 1.21. The molecule has 1 N–H and O–H groups in total. The van der Waals surface area contributed by atoms with Crippen LogP contribution in [0.4, 0.5) is 5.82 Å². The maximum absolute atomic E-state index is 5.93. The van der Waals surface area contributed by atoms with Gasteiger partial charge in [0.15, 0.2) is 0 Å². The zero-order valence-corrected chi connectivity index (χ0v) is 15.2. The molecule has 0 aromatic carbocycles. The lowest BCUT2D eigenvalue weighted by Gasteiger charge is -2.33. The highest BCUT2D eigenvalue weighted by Gasteiger charge is 2.36. The molecule has 2 aromatic rings. The summed E-state index contributed by atoms with van der Waals surface area (Å²) in [4.78, 5) is 9.36. The second kappa shape index (κ2) is 7.18. The molecule has 4 rings (SSSR count). The fourth-order valence-corrected chi connectivity index (χ4v) is 3.48. The lowest BCUT2D eigenvalue weighted by Crippen LogP contribution is -2.44. The second-order valence-corrected chi connectivity index (χ2v) is 7.54. The van der Waals surface area contributed by atoms with Gasteiger partial charge in [0.25, 0.3) is 0 Å². The number of likely N-dealkylation sites (N-methyl/N-ethyl adjacent to an activating group) is 1. The average molecular weight is 340 g/mol. The van der Waals surface area contributed by atoms with Gasteiger partial charge in [-0.25, -0.2) is 4.98 Å². The molecule has 0 radical (unpaired) electrons. The van der Waals surface area contributed by atoms with Crippen molar-refractivity contribution >= 4 is 5.82 Å². The van der Waals surface area contributed by atoms with E-state index >= 15 is 0 Å². The van der Waals surface area contributed by atoms with Crippen LogP contribution in [0.2, 0.25) is 0 Å². The highest BCUT2D eigenvalue weighted by molar-refractivity contribution is 5.39. The Morgan fingerprint density at radius 1 is 1.12 bits per heavy atom. The quantitative estimate of drug-likeness (QED) is 0.876. The lowest BCUT2D eigenvalue weighted by molar-refractivity contribution is 0.312. The Morgan fingerprint density at radius 3 is 2.60 bits per heavy atom. The van der Waals surface area contributed by atoms with Crippen LogP contribution in [0.15, 0.2) is 34.9 Å². The van der Waals surface area contributed by atoms with Gasteiger partial charge in [-0.05, 0) is 43.1 Å². The molecule has 2 fully saturated rings. The van der Waals surface area contributed by atoms with E-state index in [4.69, 9.17) is 4.42 Å².